The Kier molecular flexibility index (Phi) is 2.64. The molecule has 0 heterocycles. The van der Waals surface area contributed by atoms with E-state index >= 15 is 0 Å². The van der Waals surface area contributed by atoms with Crippen LogP contribution in [0, 0.1) is 0 Å². The highest BCUT2D eigenvalue weighted by Crippen LogP contribution is 2.36. The van der Waals surface area contributed by atoms with Crippen molar-refractivity contribution in [2.75, 3.05) is 0 Å². The summed E-state index contributed by atoms with van der Waals surface area (Å²) < 4.78 is 0. The molecule has 0 amide bonds. The van der Waals surface area contributed by atoms with Crippen molar-refractivity contribution >= 4 is 6.29 Å². The Balaban J connectivity index is 2.21. The van der Waals surface area contributed by atoms with Crippen molar-refractivity contribution in [1.29, 1.82) is 0 Å². The molecule has 1 fully saturated rings. The van der Waals surface area contributed by atoms with Crippen molar-refractivity contribution in [2.24, 2.45) is 0 Å². The van der Waals surface area contributed by atoms with Crippen LogP contribution in [-0.2, 0) is 4.79 Å². The highest BCUT2D eigenvalue weighted by atomic mass is 16.3. The Morgan fingerprint density at radius 1 is 1.43 bits per heavy atom. The lowest BCUT2D eigenvalue weighted by Gasteiger charge is -2.26. The fourth-order valence-corrected chi connectivity index (χ4v) is 1.82. The summed E-state index contributed by atoms with van der Waals surface area (Å²) in [6, 6.07) is 7.73. The predicted molar refractivity (Wildman–Crippen MR) is 54.1 cm³/mol. The van der Waals surface area contributed by atoms with Gasteiger partial charge in [0.15, 0.2) is 6.29 Å². The van der Waals surface area contributed by atoms with E-state index in [1.165, 1.54) is 24.8 Å². The fourth-order valence-electron chi connectivity index (χ4n) is 1.82. The van der Waals surface area contributed by atoms with Gasteiger partial charge in [0.25, 0.3) is 0 Å². The normalized spacial score (nSPS) is 18.6. The summed E-state index contributed by atoms with van der Waals surface area (Å²) in [5.41, 5.74) is 1.97. The number of carbonyl (C=O) groups excluding carboxylic acids is 1. The van der Waals surface area contributed by atoms with E-state index in [0.29, 0.717) is 17.8 Å². The van der Waals surface area contributed by atoms with Gasteiger partial charge >= 0.3 is 0 Å². The topological polar surface area (TPSA) is 37.3 Å². The molecule has 74 valence electrons. The van der Waals surface area contributed by atoms with E-state index in [1.807, 2.05) is 12.1 Å². The minimum absolute atomic E-state index is 0.569. The van der Waals surface area contributed by atoms with Crippen LogP contribution < -0.4 is 0 Å². The van der Waals surface area contributed by atoms with E-state index in [1.54, 1.807) is 6.07 Å². The van der Waals surface area contributed by atoms with Crippen LogP contribution in [-0.4, -0.2) is 11.4 Å². The molecule has 1 aromatic carbocycles. The molecular formula is C12H14O2. The summed E-state index contributed by atoms with van der Waals surface area (Å²) >= 11 is 0. The molecule has 0 aliphatic heterocycles. The van der Waals surface area contributed by atoms with Gasteiger partial charge in [0, 0.05) is 0 Å². The number of aliphatic hydroxyl groups excluding tert-OH is 1. The highest BCUT2D eigenvalue weighted by molar-refractivity contribution is 5.59. The van der Waals surface area contributed by atoms with Crippen molar-refractivity contribution in [3.8, 4) is 0 Å². The van der Waals surface area contributed by atoms with Gasteiger partial charge in [-0.1, -0.05) is 30.7 Å². The monoisotopic (exact) mass is 190 g/mol. The lowest BCUT2D eigenvalue weighted by molar-refractivity contribution is -0.115. The molecule has 2 rings (SSSR count). The summed E-state index contributed by atoms with van der Waals surface area (Å²) in [5, 5.41) is 9.36. The number of hydrogen-bond acceptors (Lipinski definition) is 2. The quantitative estimate of drug-likeness (QED) is 0.742. The van der Waals surface area contributed by atoms with Gasteiger partial charge in [-0.05, 0) is 29.9 Å². The zero-order valence-corrected chi connectivity index (χ0v) is 8.02. The van der Waals surface area contributed by atoms with E-state index in [0.717, 1.165) is 0 Å². The molecule has 14 heavy (non-hydrogen) atoms. The van der Waals surface area contributed by atoms with Gasteiger partial charge in [0.2, 0.25) is 0 Å². The molecule has 0 saturated heterocycles. The van der Waals surface area contributed by atoms with Gasteiger partial charge in [-0.3, -0.25) is 0 Å². The molecule has 1 aromatic rings. The first-order valence-electron chi connectivity index (χ1n) is 5.04. The van der Waals surface area contributed by atoms with Crippen molar-refractivity contribution in [1.82, 2.24) is 0 Å². The molecule has 0 radical (unpaired) electrons. The number of benzene rings is 1. The molecule has 1 aliphatic rings. The van der Waals surface area contributed by atoms with E-state index in [-0.39, 0.29) is 0 Å². The van der Waals surface area contributed by atoms with E-state index in [9.17, 15) is 9.90 Å². The van der Waals surface area contributed by atoms with Crippen LogP contribution in [0.15, 0.2) is 24.3 Å². The maximum Gasteiger partial charge on any atom is 0.153 e. The molecule has 0 aromatic heterocycles. The van der Waals surface area contributed by atoms with Gasteiger partial charge < -0.3 is 9.90 Å². The lowest BCUT2D eigenvalue weighted by atomic mass is 9.79. The maximum absolute atomic E-state index is 10.4. The second-order valence-corrected chi connectivity index (χ2v) is 3.88. The average molecular weight is 190 g/mol. The van der Waals surface area contributed by atoms with E-state index in [4.69, 9.17) is 0 Å². The Labute approximate surface area is 83.6 Å². The third kappa shape index (κ3) is 1.70. The summed E-state index contributed by atoms with van der Waals surface area (Å²) in [7, 11) is 0. The number of aliphatic hydroxyl groups is 1. The molecule has 1 N–H and O–H groups in total. The van der Waals surface area contributed by atoms with Crippen LogP contribution in [0.2, 0.25) is 0 Å². The largest absolute Gasteiger partial charge is 0.381 e. The summed E-state index contributed by atoms with van der Waals surface area (Å²) in [6.45, 7) is 0. The Hall–Kier alpha value is -1.15. The molecule has 1 saturated carbocycles. The van der Waals surface area contributed by atoms with Gasteiger partial charge in [-0.15, -0.1) is 0 Å². The molecular weight excluding hydrogens is 176 g/mol. The number of aldehydes is 1. The number of carbonyl (C=O) groups is 1. The van der Waals surface area contributed by atoms with Crippen molar-refractivity contribution in [3.63, 3.8) is 0 Å². The molecule has 1 atom stereocenters. The van der Waals surface area contributed by atoms with Crippen molar-refractivity contribution in [2.45, 2.75) is 31.3 Å². The Morgan fingerprint density at radius 3 is 2.79 bits per heavy atom. The Bertz CT molecular complexity index is 329. The fraction of sp³-hybridized carbons (Fsp3) is 0.417. The lowest BCUT2D eigenvalue weighted by Crippen LogP contribution is -2.09. The SMILES string of the molecule is O=CC(O)c1cccc(C2CCC2)c1. The van der Waals surface area contributed by atoms with Gasteiger partial charge in [0.1, 0.15) is 6.10 Å². The van der Waals surface area contributed by atoms with Crippen molar-refractivity contribution in [3.05, 3.63) is 35.4 Å². The molecule has 0 spiro atoms. The van der Waals surface area contributed by atoms with Crippen LogP contribution in [0.25, 0.3) is 0 Å². The van der Waals surface area contributed by atoms with Crippen molar-refractivity contribution < 1.29 is 9.90 Å². The standard InChI is InChI=1S/C12H14O2/c13-8-12(14)11-6-2-5-10(7-11)9-3-1-4-9/h2,5-9,12,14H,1,3-4H2. The first-order chi connectivity index (χ1) is 6.81. The third-order valence-electron chi connectivity index (χ3n) is 2.96. The Morgan fingerprint density at radius 2 is 2.21 bits per heavy atom. The number of rotatable bonds is 3. The van der Waals surface area contributed by atoms with Gasteiger partial charge in [-0.25, -0.2) is 0 Å². The van der Waals surface area contributed by atoms with Gasteiger partial charge in [0.05, 0.1) is 0 Å². The van der Waals surface area contributed by atoms with Crippen LogP contribution in [0.3, 0.4) is 0 Å². The maximum atomic E-state index is 10.4. The zero-order valence-electron chi connectivity index (χ0n) is 8.02. The molecule has 2 nitrogen and oxygen atoms in total. The third-order valence-corrected chi connectivity index (χ3v) is 2.96. The van der Waals surface area contributed by atoms with E-state index < -0.39 is 6.10 Å². The molecule has 1 aliphatic carbocycles. The minimum atomic E-state index is -0.963. The average Bonchev–Trinajstić information content (AvgIpc) is 2.14. The second kappa shape index (κ2) is 3.93. The second-order valence-electron chi connectivity index (χ2n) is 3.88. The first-order valence-corrected chi connectivity index (χ1v) is 5.04. The highest BCUT2D eigenvalue weighted by Gasteiger charge is 2.20. The predicted octanol–water partition coefficient (Wildman–Crippen LogP) is 2.19. The molecule has 2 heteroatoms. The minimum Gasteiger partial charge on any atom is -0.381 e. The zero-order chi connectivity index (χ0) is 9.97. The van der Waals surface area contributed by atoms with E-state index in [2.05, 4.69) is 6.07 Å². The first kappa shape index (κ1) is 9.41. The molecule has 1 unspecified atom stereocenters. The van der Waals surface area contributed by atoms with Crippen LogP contribution >= 0.6 is 0 Å². The summed E-state index contributed by atoms with van der Waals surface area (Å²) in [4.78, 5) is 10.4. The number of hydrogen-bond donors (Lipinski definition) is 1. The van der Waals surface area contributed by atoms with Crippen LogP contribution in [0.1, 0.15) is 42.4 Å². The smallest absolute Gasteiger partial charge is 0.153 e. The van der Waals surface area contributed by atoms with Crippen LogP contribution in [0.4, 0.5) is 0 Å². The van der Waals surface area contributed by atoms with Crippen LogP contribution in [0.5, 0.6) is 0 Å². The van der Waals surface area contributed by atoms with Gasteiger partial charge in [-0.2, -0.15) is 0 Å². The summed E-state index contributed by atoms with van der Waals surface area (Å²) in [6.07, 6.45) is 3.38. The summed E-state index contributed by atoms with van der Waals surface area (Å²) in [5.74, 6) is 0.647. The molecule has 0 bridgehead atoms.